The van der Waals surface area contributed by atoms with Crippen LogP contribution in [0.1, 0.15) is 132 Å². The lowest BCUT2D eigenvalue weighted by atomic mass is 9.81. The van der Waals surface area contributed by atoms with Crippen LogP contribution >= 0.6 is 0 Å². The Balaban J connectivity index is 1.67. The number of carbonyl (C=O) groups excluding carboxylic acids is 5. The quantitative estimate of drug-likeness (QED) is 0.0162. The molecule has 4 aromatic rings. The van der Waals surface area contributed by atoms with E-state index in [1.807, 2.05) is 76.2 Å². The summed E-state index contributed by atoms with van der Waals surface area (Å²) < 4.78 is 21.8. The third kappa shape index (κ3) is 21.5. The number of hydrogen-bond acceptors (Lipinski definition) is 15. The van der Waals surface area contributed by atoms with Gasteiger partial charge in [-0.1, -0.05) is 114 Å². The molecule has 73 heavy (non-hydrogen) atoms. The van der Waals surface area contributed by atoms with Crippen LogP contribution in [0.25, 0.3) is 12.2 Å². The number of amides is 1. The number of hydrogen-bond donors (Lipinski definition) is 4. The Morgan fingerprint density at radius 1 is 0.479 bits per heavy atom. The van der Waals surface area contributed by atoms with Gasteiger partial charge in [-0.25, -0.2) is 19.2 Å². The smallest absolute Gasteiger partial charge is 0.345 e. The molecule has 1 amide bonds. The molecule has 0 radical (unpaired) electrons. The van der Waals surface area contributed by atoms with Gasteiger partial charge >= 0.3 is 23.9 Å². The summed E-state index contributed by atoms with van der Waals surface area (Å²) in [6.07, 6.45) is 3.62. The first-order chi connectivity index (χ1) is 33.7. The number of esters is 4. The molecular formula is C57H75N7O9. The Hall–Kier alpha value is -7.36. The number of rotatable bonds is 20. The molecule has 1 aromatic heterocycles. The van der Waals surface area contributed by atoms with E-state index in [1.54, 1.807) is 79.7 Å². The molecule has 1 heterocycles. The summed E-state index contributed by atoms with van der Waals surface area (Å²) in [5.41, 5.74) is 1.97. The van der Waals surface area contributed by atoms with Crippen LogP contribution < -0.4 is 21.3 Å². The van der Waals surface area contributed by atoms with Gasteiger partial charge in [0.2, 0.25) is 17.8 Å². The molecule has 4 N–H and O–H groups in total. The highest BCUT2D eigenvalue weighted by Crippen LogP contribution is 2.28. The standard InChI is InChI=1S/C57H75N7O9/c1-36(2)31-70-46(66)43(47(67)71-33-54(6,7)8)29-37-17-23-40(24-18-37)58-50-61-51(63-52(62-50)60-42-27-21-39(22-28-42)45(65)64-57(15,16)32-53(3,4)5)59-41-25-19-38(20-26-41)30-44(48(68)72-34-55(9,10)11)49(69)73-35-56(12,13)14/h17-30H,1,31-35H2,2-16H3,(H,64,65)(H3,58,59,60,61,62,63)/b43-29-. The van der Waals surface area contributed by atoms with Gasteiger partial charge in [-0.3, -0.25) is 4.79 Å². The molecule has 0 fully saturated rings. The van der Waals surface area contributed by atoms with E-state index in [4.69, 9.17) is 18.9 Å². The van der Waals surface area contributed by atoms with Gasteiger partial charge in [0.05, 0.1) is 19.8 Å². The average Bonchev–Trinajstić information content (AvgIpc) is 3.26. The lowest BCUT2D eigenvalue weighted by Crippen LogP contribution is -2.45. The van der Waals surface area contributed by atoms with Gasteiger partial charge in [-0.15, -0.1) is 0 Å². The molecule has 0 aliphatic heterocycles. The van der Waals surface area contributed by atoms with Gasteiger partial charge < -0.3 is 40.2 Å². The van der Waals surface area contributed by atoms with Crippen LogP contribution in [0.5, 0.6) is 0 Å². The first-order valence-corrected chi connectivity index (χ1v) is 24.2. The number of nitrogens with one attached hydrogen (secondary N) is 4. The second-order valence-electron chi connectivity index (χ2n) is 23.6. The summed E-state index contributed by atoms with van der Waals surface area (Å²) >= 11 is 0. The molecule has 0 saturated heterocycles. The van der Waals surface area contributed by atoms with Crippen LogP contribution in [0.3, 0.4) is 0 Å². The Morgan fingerprint density at radius 3 is 1.10 bits per heavy atom. The van der Waals surface area contributed by atoms with Gasteiger partial charge in [-0.05, 0) is 126 Å². The predicted molar refractivity (Wildman–Crippen MR) is 288 cm³/mol. The molecular weight excluding hydrogens is 927 g/mol. The molecule has 4 rings (SSSR count). The highest BCUT2D eigenvalue weighted by atomic mass is 16.6. The molecule has 3 aromatic carbocycles. The second-order valence-corrected chi connectivity index (χ2v) is 23.6. The second kappa shape index (κ2) is 24.4. The van der Waals surface area contributed by atoms with Crippen molar-refractivity contribution in [1.29, 1.82) is 0 Å². The van der Waals surface area contributed by atoms with E-state index in [0.29, 0.717) is 39.3 Å². The molecule has 0 aliphatic carbocycles. The number of nitrogens with zero attached hydrogens (tertiary/aromatic N) is 3. The van der Waals surface area contributed by atoms with Crippen LogP contribution in [0.4, 0.5) is 34.9 Å². The maximum Gasteiger partial charge on any atom is 0.345 e. The molecule has 0 aliphatic rings. The number of carbonyl (C=O) groups is 5. The Morgan fingerprint density at radius 2 is 0.795 bits per heavy atom. The third-order valence-corrected chi connectivity index (χ3v) is 9.66. The summed E-state index contributed by atoms with van der Waals surface area (Å²) in [6, 6.07) is 20.7. The molecule has 392 valence electrons. The van der Waals surface area contributed by atoms with E-state index >= 15 is 0 Å². The van der Waals surface area contributed by atoms with E-state index in [2.05, 4.69) is 63.6 Å². The third-order valence-electron chi connectivity index (χ3n) is 9.66. The minimum absolute atomic E-state index is 0.0172. The van der Waals surface area contributed by atoms with Crippen molar-refractivity contribution in [2.75, 3.05) is 42.4 Å². The molecule has 0 unspecified atom stereocenters. The zero-order valence-electron chi connectivity index (χ0n) is 45.3. The van der Waals surface area contributed by atoms with Crippen molar-refractivity contribution in [3.63, 3.8) is 0 Å². The van der Waals surface area contributed by atoms with Gasteiger partial charge in [0.1, 0.15) is 17.8 Å². The predicted octanol–water partition coefficient (Wildman–Crippen LogP) is 11.7. The van der Waals surface area contributed by atoms with Crippen LogP contribution in [0.15, 0.2) is 96.1 Å². The van der Waals surface area contributed by atoms with Crippen molar-refractivity contribution in [2.45, 2.75) is 116 Å². The van der Waals surface area contributed by atoms with Crippen LogP contribution in [0, 0.1) is 21.7 Å². The number of anilines is 6. The van der Waals surface area contributed by atoms with Crippen molar-refractivity contribution in [2.24, 2.45) is 21.7 Å². The summed E-state index contributed by atoms with van der Waals surface area (Å²) in [7, 11) is 0. The normalized spacial score (nSPS) is 12.2. The van der Waals surface area contributed by atoms with Gasteiger partial charge in [0.15, 0.2) is 0 Å². The first-order valence-electron chi connectivity index (χ1n) is 24.2. The largest absolute Gasteiger partial charge is 0.461 e. The highest BCUT2D eigenvalue weighted by Gasteiger charge is 2.29. The molecule has 0 bridgehead atoms. The fraction of sp³-hybridized carbons (Fsp3) is 0.439. The van der Waals surface area contributed by atoms with Gasteiger partial charge in [0, 0.05) is 28.2 Å². The molecule has 0 spiro atoms. The summed E-state index contributed by atoms with van der Waals surface area (Å²) in [5, 5.41) is 12.8. The van der Waals surface area contributed by atoms with Gasteiger partial charge in [-0.2, -0.15) is 15.0 Å². The fourth-order valence-electron chi connectivity index (χ4n) is 6.79. The number of aromatic nitrogens is 3. The van der Waals surface area contributed by atoms with E-state index in [1.165, 1.54) is 12.2 Å². The monoisotopic (exact) mass is 1000 g/mol. The topological polar surface area (TPSA) is 209 Å². The van der Waals surface area contributed by atoms with E-state index in [-0.39, 0.29) is 83.0 Å². The van der Waals surface area contributed by atoms with E-state index < -0.39 is 29.4 Å². The maximum atomic E-state index is 13.3. The molecule has 16 nitrogen and oxygen atoms in total. The minimum atomic E-state index is -0.837. The van der Waals surface area contributed by atoms with Crippen molar-refractivity contribution in [3.8, 4) is 0 Å². The van der Waals surface area contributed by atoms with Crippen LogP contribution in [-0.2, 0) is 38.1 Å². The SMILES string of the molecule is C=C(C)COC(=O)/C(=C/c1ccc(Nc2nc(Nc3ccc(C=C(C(=O)OCC(C)(C)C)C(=O)OCC(C)(C)C)cc3)nc(Nc3ccc(C(=O)NC(C)(C)CC(C)(C)C)cc3)n2)cc1)C(=O)OCC(C)(C)C. The Labute approximate surface area is 431 Å². The minimum Gasteiger partial charge on any atom is -0.461 e. The zero-order chi connectivity index (χ0) is 54.5. The van der Waals surface area contributed by atoms with Crippen molar-refractivity contribution >= 4 is 76.8 Å². The van der Waals surface area contributed by atoms with Crippen LogP contribution in [-0.4, -0.2) is 76.7 Å². The van der Waals surface area contributed by atoms with Crippen molar-refractivity contribution < 1.29 is 42.9 Å². The van der Waals surface area contributed by atoms with Gasteiger partial charge in [0.25, 0.3) is 5.91 Å². The highest BCUT2D eigenvalue weighted by molar-refractivity contribution is 6.18. The Kier molecular flexibility index (Phi) is 19.4. The van der Waals surface area contributed by atoms with E-state index in [0.717, 1.165) is 6.42 Å². The first kappa shape index (κ1) is 58.2. The summed E-state index contributed by atoms with van der Waals surface area (Å²) in [4.78, 5) is 79.9. The fourth-order valence-corrected chi connectivity index (χ4v) is 6.79. The zero-order valence-corrected chi connectivity index (χ0v) is 45.3. The van der Waals surface area contributed by atoms with Crippen molar-refractivity contribution in [1.82, 2.24) is 20.3 Å². The van der Waals surface area contributed by atoms with Crippen molar-refractivity contribution in [3.05, 3.63) is 113 Å². The number of ether oxygens (including phenoxy) is 4. The Bertz CT molecular complexity index is 2630. The maximum absolute atomic E-state index is 13.3. The molecule has 16 heteroatoms. The lowest BCUT2D eigenvalue weighted by molar-refractivity contribution is -0.150. The lowest BCUT2D eigenvalue weighted by Gasteiger charge is -2.33. The van der Waals surface area contributed by atoms with E-state index in [9.17, 15) is 24.0 Å². The molecule has 0 saturated carbocycles. The summed E-state index contributed by atoms with van der Waals surface area (Å²) in [5.74, 6) is -2.98. The average molecular weight is 1000 g/mol. The summed E-state index contributed by atoms with van der Waals surface area (Å²) in [6.45, 7) is 33.4. The number of benzene rings is 3. The van der Waals surface area contributed by atoms with Crippen LogP contribution in [0.2, 0.25) is 0 Å². The molecule has 0 atom stereocenters.